The van der Waals surface area contributed by atoms with Gasteiger partial charge < -0.3 is 4.57 Å². The van der Waals surface area contributed by atoms with Crippen molar-refractivity contribution in [1.29, 1.82) is 0 Å². The minimum Gasteiger partial charge on any atom is -0.318 e. The number of hydrazone groups is 1. The predicted octanol–water partition coefficient (Wildman–Crippen LogP) is 4.07. The van der Waals surface area contributed by atoms with Gasteiger partial charge in [-0.1, -0.05) is 24.3 Å². The van der Waals surface area contributed by atoms with Crippen LogP contribution < -0.4 is 5.43 Å². The third-order valence-electron chi connectivity index (χ3n) is 4.52. The summed E-state index contributed by atoms with van der Waals surface area (Å²) in [4.78, 5) is 22.5. The Morgan fingerprint density at radius 1 is 1.11 bits per heavy atom. The molecular weight excluding hydrogens is 356 g/mol. The second-order valence-corrected chi connectivity index (χ2v) is 6.45. The number of nitro benzene ring substituents is 1. The molecule has 0 bridgehead atoms. The molecule has 0 unspecified atom stereocenters. The molecule has 1 aromatic heterocycles. The van der Waals surface area contributed by atoms with Crippen LogP contribution in [-0.4, -0.2) is 21.6 Å². The number of carbonyl (C=O) groups is 1. The summed E-state index contributed by atoms with van der Waals surface area (Å²) in [5.41, 5.74) is 7.64. The number of hydrogen-bond donors (Lipinski definition) is 1. The molecule has 142 valence electrons. The highest BCUT2D eigenvalue weighted by Crippen LogP contribution is 2.22. The Bertz CT molecular complexity index is 1080. The summed E-state index contributed by atoms with van der Waals surface area (Å²) in [5, 5.41) is 14.8. The molecule has 1 amide bonds. The predicted molar refractivity (Wildman–Crippen MR) is 108 cm³/mol. The molecule has 7 heteroatoms. The second-order valence-electron chi connectivity index (χ2n) is 6.45. The van der Waals surface area contributed by atoms with Crippen LogP contribution in [0.15, 0.2) is 59.7 Å². The fourth-order valence-electron chi connectivity index (χ4n) is 3.09. The molecule has 0 spiro atoms. The van der Waals surface area contributed by atoms with E-state index in [1.54, 1.807) is 6.21 Å². The van der Waals surface area contributed by atoms with Crippen LogP contribution in [0.4, 0.5) is 5.69 Å². The molecule has 2 aromatic carbocycles. The van der Waals surface area contributed by atoms with E-state index in [0.29, 0.717) is 0 Å². The lowest BCUT2D eigenvalue weighted by Gasteiger charge is -2.12. The van der Waals surface area contributed by atoms with E-state index in [4.69, 9.17) is 0 Å². The van der Waals surface area contributed by atoms with Crippen LogP contribution in [0.2, 0.25) is 0 Å². The number of carbonyl (C=O) groups excluding carboxylic acids is 1. The zero-order chi connectivity index (χ0) is 20.3. The summed E-state index contributed by atoms with van der Waals surface area (Å²) in [7, 11) is 0. The molecule has 0 aliphatic carbocycles. The van der Waals surface area contributed by atoms with Crippen LogP contribution in [0.3, 0.4) is 0 Å². The number of nitrogens with zero attached hydrogens (tertiary/aromatic N) is 3. The van der Waals surface area contributed by atoms with Gasteiger partial charge in [-0.2, -0.15) is 5.10 Å². The van der Waals surface area contributed by atoms with E-state index < -0.39 is 10.8 Å². The number of amides is 1. The Balaban J connectivity index is 1.79. The molecule has 1 heterocycles. The monoisotopic (exact) mass is 376 g/mol. The van der Waals surface area contributed by atoms with Crippen molar-refractivity contribution in [3.8, 4) is 5.69 Å². The first-order valence-electron chi connectivity index (χ1n) is 8.71. The summed E-state index contributed by atoms with van der Waals surface area (Å²) in [5.74, 6) is -0.507. The topological polar surface area (TPSA) is 89.5 Å². The molecule has 28 heavy (non-hydrogen) atoms. The number of para-hydroxylation sites is 1. The molecule has 7 nitrogen and oxygen atoms in total. The molecule has 0 fully saturated rings. The van der Waals surface area contributed by atoms with Crippen molar-refractivity contribution < 1.29 is 9.72 Å². The molecule has 0 saturated carbocycles. The van der Waals surface area contributed by atoms with E-state index in [2.05, 4.69) is 34.2 Å². The highest BCUT2D eigenvalue weighted by atomic mass is 16.6. The van der Waals surface area contributed by atoms with Crippen molar-refractivity contribution in [1.82, 2.24) is 9.99 Å². The summed E-state index contributed by atoms with van der Waals surface area (Å²) < 4.78 is 2.14. The van der Waals surface area contributed by atoms with Crippen molar-refractivity contribution in [2.45, 2.75) is 20.8 Å². The van der Waals surface area contributed by atoms with Crippen molar-refractivity contribution in [3.63, 3.8) is 0 Å². The fraction of sp³-hybridized carbons (Fsp3) is 0.143. The van der Waals surface area contributed by atoms with E-state index >= 15 is 0 Å². The van der Waals surface area contributed by atoms with Gasteiger partial charge in [-0.25, -0.2) is 5.43 Å². The lowest BCUT2D eigenvalue weighted by molar-refractivity contribution is -0.384. The molecule has 0 atom stereocenters. The van der Waals surface area contributed by atoms with Gasteiger partial charge in [0, 0.05) is 40.3 Å². The van der Waals surface area contributed by atoms with Gasteiger partial charge >= 0.3 is 0 Å². The number of aromatic nitrogens is 1. The number of rotatable bonds is 5. The van der Waals surface area contributed by atoms with Crippen molar-refractivity contribution in [3.05, 3.63) is 92.8 Å². The zero-order valence-corrected chi connectivity index (χ0v) is 15.8. The van der Waals surface area contributed by atoms with Crippen molar-refractivity contribution in [2.75, 3.05) is 0 Å². The zero-order valence-electron chi connectivity index (χ0n) is 15.8. The lowest BCUT2D eigenvalue weighted by atomic mass is 10.2. The number of hydrogen-bond acceptors (Lipinski definition) is 4. The van der Waals surface area contributed by atoms with Crippen LogP contribution in [0.25, 0.3) is 5.69 Å². The number of nitrogens with one attached hydrogen (secondary N) is 1. The summed E-state index contributed by atoms with van der Waals surface area (Å²) in [6.45, 7) is 6.06. The highest BCUT2D eigenvalue weighted by molar-refractivity contribution is 5.95. The van der Waals surface area contributed by atoms with E-state index in [9.17, 15) is 14.9 Å². The van der Waals surface area contributed by atoms with Gasteiger partial charge in [0.15, 0.2) is 0 Å². The van der Waals surface area contributed by atoms with Crippen LogP contribution in [0.5, 0.6) is 0 Å². The summed E-state index contributed by atoms with van der Waals surface area (Å²) in [6, 6.07) is 15.6. The quantitative estimate of drug-likeness (QED) is 0.413. The average molecular weight is 376 g/mol. The molecule has 0 radical (unpaired) electrons. The first kappa shape index (κ1) is 19.0. The van der Waals surface area contributed by atoms with E-state index in [0.717, 1.165) is 28.2 Å². The number of nitro groups is 1. The molecule has 3 aromatic rings. The average Bonchev–Trinajstić information content (AvgIpc) is 2.96. The Morgan fingerprint density at radius 3 is 2.57 bits per heavy atom. The largest absolute Gasteiger partial charge is 0.318 e. The summed E-state index contributed by atoms with van der Waals surface area (Å²) in [6.07, 6.45) is 1.58. The molecule has 1 N–H and O–H groups in total. The van der Waals surface area contributed by atoms with Crippen molar-refractivity contribution in [2.24, 2.45) is 5.10 Å². The van der Waals surface area contributed by atoms with Gasteiger partial charge in [0.1, 0.15) is 0 Å². The molecule has 3 rings (SSSR count). The standard InChI is InChI=1S/C21H20N4O3/c1-14-7-4-5-10-20(14)24-15(2)11-18(16(24)3)13-22-23-21(26)17-8-6-9-19(12-17)25(27)28/h4-13H,1-3H3,(H,23,26)/b22-13-. The van der Waals surface area contributed by atoms with Gasteiger partial charge in [0.25, 0.3) is 11.6 Å². The SMILES string of the molecule is Cc1ccccc1-n1c(C)cc(/C=N\NC(=O)c2cccc([N+](=O)[O-])c2)c1C. The van der Waals surface area contributed by atoms with E-state index in [1.807, 2.05) is 32.0 Å². The Kier molecular flexibility index (Phi) is 5.35. The van der Waals surface area contributed by atoms with Crippen LogP contribution in [0.1, 0.15) is 32.9 Å². The van der Waals surface area contributed by atoms with Gasteiger partial charge in [0.2, 0.25) is 0 Å². The van der Waals surface area contributed by atoms with Crippen LogP contribution in [0, 0.1) is 30.9 Å². The second kappa shape index (κ2) is 7.87. The number of non-ortho nitro benzene ring substituents is 1. The first-order valence-corrected chi connectivity index (χ1v) is 8.71. The van der Waals surface area contributed by atoms with Gasteiger partial charge in [-0.15, -0.1) is 0 Å². The lowest BCUT2D eigenvalue weighted by Crippen LogP contribution is -2.17. The normalized spacial score (nSPS) is 11.0. The maximum atomic E-state index is 12.2. The summed E-state index contributed by atoms with van der Waals surface area (Å²) >= 11 is 0. The van der Waals surface area contributed by atoms with Gasteiger partial charge in [0.05, 0.1) is 11.1 Å². The van der Waals surface area contributed by atoms with Gasteiger partial charge in [-0.3, -0.25) is 14.9 Å². The maximum absolute atomic E-state index is 12.2. The van der Waals surface area contributed by atoms with E-state index in [-0.39, 0.29) is 11.3 Å². The van der Waals surface area contributed by atoms with Crippen LogP contribution in [-0.2, 0) is 0 Å². The molecule has 0 aliphatic heterocycles. The smallest absolute Gasteiger partial charge is 0.271 e. The fourth-order valence-corrected chi connectivity index (χ4v) is 3.09. The first-order chi connectivity index (χ1) is 13.4. The third-order valence-corrected chi connectivity index (χ3v) is 4.52. The van der Waals surface area contributed by atoms with Gasteiger partial charge in [-0.05, 0) is 44.5 Å². The Morgan fingerprint density at radius 2 is 1.86 bits per heavy atom. The van der Waals surface area contributed by atoms with E-state index in [1.165, 1.54) is 24.3 Å². The Hall–Kier alpha value is -3.74. The third kappa shape index (κ3) is 3.83. The molecule has 0 saturated heterocycles. The molecular formula is C21H20N4O3. The Labute approximate surface area is 162 Å². The highest BCUT2D eigenvalue weighted by Gasteiger charge is 2.12. The van der Waals surface area contributed by atoms with Crippen molar-refractivity contribution >= 4 is 17.8 Å². The molecule has 0 aliphatic rings. The number of benzene rings is 2. The van der Waals surface area contributed by atoms with Crippen LogP contribution >= 0.6 is 0 Å². The number of aryl methyl sites for hydroxylation is 2. The minimum absolute atomic E-state index is 0.140. The maximum Gasteiger partial charge on any atom is 0.271 e. The minimum atomic E-state index is -0.541.